The van der Waals surface area contributed by atoms with E-state index in [1.807, 2.05) is 0 Å². The topological polar surface area (TPSA) is 71.9 Å². The smallest absolute Gasteiger partial charge is 0.134 e. The first kappa shape index (κ1) is 16.8. The summed E-state index contributed by atoms with van der Waals surface area (Å²) in [7, 11) is -1.16. The first-order valence-electron chi connectivity index (χ1n) is 6.30. The molecule has 22 heavy (non-hydrogen) atoms. The predicted molar refractivity (Wildman–Crippen MR) is 91.4 cm³/mol. The minimum atomic E-state index is -1.16. The molecule has 0 aliphatic rings. The number of nitrogens with two attached hydrogens (primary N) is 1. The molecular weight excluding hydrogens is 341 g/mol. The van der Waals surface area contributed by atoms with E-state index >= 15 is 0 Å². The number of halogens is 2. The van der Waals surface area contributed by atoms with Gasteiger partial charge in [-0.2, -0.15) is 0 Å². The van der Waals surface area contributed by atoms with Crippen molar-refractivity contribution in [3.8, 4) is 0 Å². The SMILES string of the molecule is C=C(N)c1cc(Cl)cn(Cc2cc(Cl)ccc2S(C)=O)c1=N. The maximum atomic E-state index is 11.8. The number of rotatable bonds is 4. The molecule has 2 rings (SSSR count). The van der Waals surface area contributed by atoms with E-state index < -0.39 is 10.8 Å². The van der Waals surface area contributed by atoms with Crippen LogP contribution in [0.1, 0.15) is 11.1 Å². The average Bonchev–Trinajstić information content (AvgIpc) is 2.41. The monoisotopic (exact) mass is 355 g/mol. The molecule has 0 bridgehead atoms. The van der Waals surface area contributed by atoms with Crippen LogP contribution in [0.2, 0.25) is 10.0 Å². The van der Waals surface area contributed by atoms with Gasteiger partial charge in [0.25, 0.3) is 0 Å². The summed E-state index contributed by atoms with van der Waals surface area (Å²) in [5, 5.41) is 9.20. The lowest BCUT2D eigenvalue weighted by atomic mass is 10.2. The number of benzene rings is 1. The molecule has 2 aromatic rings. The summed E-state index contributed by atoms with van der Waals surface area (Å²) < 4.78 is 13.5. The highest BCUT2D eigenvalue weighted by molar-refractivity contribution is 7.84. The molecule has 0 saturated carbocycles. The summed E-state index contributed by atoms with van der Waals surface area (Å²) in [5.41, 5.74) is 7.38. The van der Waals surface area contributed by atoms with Crippen molar-refractivity contribution >= 4 is 39.7 Å². The highest BCUT2D eigenvalue weighted by Crippen LogP contribution is 2.20. The van der Waals surface area contributed by atoms with Gasteiger partial charge in [-0.3, -0.25) is 9.62 Å². The molecule has 1 aromatic heterocycles. The molecule has 1 heterocycles. The van der Waals surface area contributed by atoms with Gasteiger partial charge in [0.15, 0.2) is 0 Å². The van der Waals surface area contributed by atoms with Crippen LogP contribution < -0.4 is 11.2 Å². The maximum absolute atomic E-state index is 11.8. The van der Waals surface area contributed by atoms with Gasteiger partial charge in [-0.25, -0.2) is 0 Å². The van der Waals surface area contributed by atoms with Crippen LogP contribution in [-0.2, 0) is 17.3 Å². The van der Waals surface area contributed by atoms with Crippen molar-refractivity contribution < 1.29 is 4.21 Å². The van der Waals surface area contributed by atoms with Crippen molar-refractivity contribution in [2.45, 2.75) is 11.4 Å². The fourth-order valence-electron chi connectivity index (χ4n) is 2.12. The van der Waals surface area contributed by atoms with E-state index in [-0.39, 0.29) is 11.2 Å². The van der Waals surface area contributed by atoms with Gasteiger partial charge in [0.1, 0.15) is 5.49 Å². The normalized spacial score (nSPS) is 12.1. The van der Waals surface area contributed by atoms with Gasteiger partial charge in [-0.15, -0.1) is 0 Å². The third kappa shape index (κ3) is 3.61. The molecule has 4 nitrogen and oxygen atoms in total. The Morgan fingerprint density at radius 1 is 1.36 bits per heavy atom. The van der Waals surface area contributed by atoms with Crippen LogP contribution in [0.4, 0.5) is 0 Å². The second-order valence-electron chi connectivity index (χ2n) is 4.78. The number of nitrogens with one attached hydrogen (secondary N) is 1. The molecule has 1 aromatic carbocycles. The third-order valence-corrected chi connectivity index (χ3v) is 4.58. The lowest BCUT2D eigenvalue weighted by Gasteiger charge is -2.14. The predicted octanol–water partition coefficient (Wildman–Crippen LogP) is 2.99. The molecule has 116 valence electrons. The molecule has 0 fully saturated rings. The van der Waals surface area contributed by atoms with Crippen LogP contribution >= 0.6 is 23.2 Å². The van der Waals surface area contributed by atoms with Crippen LogP contribution in [0.25, 0.3) is 5.70 Å². The Morgan fingerprint density at radius 2 is 2.05 bits per heavy atom. The molecule has 0 aliphatic carbocycles. The van der Waals surface area contributed by atoms with E-state index in [2.05, 4.69) is 6.58 Å². The van der Waals surface area contributed by atoms with E-state index in [4.69, 9.17) is 34.3 Å². The second-order valence-corrected chi connectivity index (χ2v) is 7.00. The summed E-state index contributed by atoms with van der Waals surface area (Å²) in [4.78, 5) is 0.671. The van der Waals surface area contributed by atoms with Gasteiger partial charge in [0.2, 0.25) is 0 Å². The van der Waals surface area contributed by atoms with Gasteiger partial charge in [-0.05, 0) is 29.8 Å². The van der Waals surface area contributed by atoms with Crippen LogP contribution in [0, 0.1) is 5.41 Å². The zero-order chi connectivity index (χ0) is 16.4. The highest BCUT2D eigenvalue weighted by atomic mass is 35.5. The third-order valence-electron chi connectivity index (χ3n) is 3.12. The van der Waals surface area contributed by atoms with Gasteiger partial charge < -0.3 is 10.3 Å². The van der Waals surface area contributed by atoms with Crippen molar-refractivity contribution in [1.29, 1.82) is 5.41 Å². The fraction of sp³-hybridized carbons (Fsp3) is 0.133. The molecule has 0 saturated heterocycles. The highest BCUT2D eigenvalue weighted by Gasteiger charge is 2.10. The summed E-state index contributed by atoms with van der Waals surface area (Å²) >= 11 is 12.1. The Labute approximate surface area is 141 Å². The van der Waals surface area contributed by atoms with Crippen LogP contribution in [-0.4, -0.2) is 15.0 Å². The maximum Gasteiger partial charge on any atom is 0.134 e. The Morgan fingerprint density at radius 3 is 2.64 bits per heavy atom. The molecule has 1 unspecified atom stereocenters. The van der Waals surface area contributed by atoms with Crippen molar-refractivity contribution in [2.75, 3.05) is 6.26 Å². The van der Waals surface area contributed by atoms with Crippen molar-refractivity contribution in [1.82, 2.24) is 4.57 Å². The lowest BCUT2D eigenvalue weighted by molar-refractivity contribution is 0.681. The zero-order valence-electron chi connectivity index (χ0n) is 11.9. The number of hydrogen-bond acceptors (Lipinski definition) is 3. The number of nitrogens with zero attached hydrogens (tertiary/aromatic N) is 1. The molecular formula is C15H15Cl2N3OS. The summed E-state index contributed by atoms with van der Waals surface area (Å²) in [6.07, 6.45) is 3.23. The Hall–Kier alpha value is -1.56. The van der Waals surface area contributed by atoms with E-state index in [1.54, 1.807) is 41.3 Å². The fourth-order valence-corrected chi connectivity index (χ4v) is 3.29. The van der Waals surface area contributed by atoms with Crippen molar-refractivity contribution in [2.24, 2.45) is 5.73 Å². The van der Waals surface area contributed by atoms with E-state index in [0.29, 0.717) is 27.0 Å². The molecule has 0 spiro atoms. The largest absolute Gasteiger partial charge is 0.399 e. The van der Waals surface area contributed by atoms with E-state index in [9.17, 15) is 4.21 Å². The van der Waals surface area contributed by atoms with Gasteiger partial charge in [0, 0.05) is 33.6 Å². The molecule has 0 aliphatic heterocycles. The standard InChI is InChI=1S/C15H15Cl2N3OS/c1-9(18)13-6-12(17)8-20(15(13)19)7-10-5-11(16)3-4-14(10)22(2)21/h3-6,8,19H,1,7,18H2,2H3. The van der Waals surface area contributed by atoms with Gasteiger partial charge in [0.05, 0.1) is 22.4 Å². The van der Waals surface area contributed by atoms with E-state index in [1.165, 1.54) is 0 Å². The number of aromatic nitrogens is 1. The quantitative estimate of drug-likeness (QED) is 0.884. The molecule has 3 N–H and O–H groups in total. The van der Waals surface area contributed by atoms with E-state index in [0.717, 1.165) is 5.56 Å². The molecule has 0 radical (unpaired) electrons. The van der Waals surface area contributed by atoms with Crippen LogP contribution in [0.5, 0.6) is 0 Å². The van der Waals surface area contributed by atoms with Gasteiger partial charge in [-0.1, -0.05) is 29.8 Å². The minimum absolute atomic E-state index is 0.185. The lowest BCUT2D eigenvalue weighted by Crippen LogP contribution is -2.25. The summed E-state index contributed by atoms with van der Waals surface area (Å²) in [6, 6.07) is 6.76. The molecule has 7 heteroatoms. The van der Waals surface area contributed by atoms with Crippen molar-refractivity contribution in [3.63, 3.8) is 0 Å². The summed E-state index contributed by atoms with van der Waals surface area (Å²) in [5.74, 6) is 0. The second kappa shape index (κ2) is 6.69. The number of pyridine rings is 1. The van der Waals surface area contributed by atoms with Crippen LogP contribution in [0.15, 0.2) is 41.9 Å². The zero-order valence-corrected chi connectivity index (χ0v) is 14.2. The minimum Gasteiger partial charge on any atom is -0.399 e. The summed E-state index contributed by atoms with van der Waals surface area (Å²) in [6.45, 7) is 3.97. The Bertz CT molecular complexity index is 830. The Balaban J connectivity index is 2.57. The first-order valence-corrected chi connectivity index (χ1v) is 8.62. The average molecular weight is 356 g/mol. The van der Waals surface area contributed by atoms with Crippen LogP contribution in [0.3, 0.4) is 0 Å². The number of hydrogen-bond donors (Lipinski definition) is 2. The first-order chi connectivity index (χ1) is 10.3. The molecule has 0 amide bonds. The molecule has 1 atom stereocenters. The van der Waals surface area contributed by atoms with Crippen molar-refractivity contribution in [3.05, 3.63) is 63.7 Å². The van der Waals surface area contributed by atoms with Gasteiger partial charge >= 0.3 is 0 Å². The Kier molecular flexibility index (Phi) is 5.11.